The summed E-state index contributed by atoms with van der Waals surface area (Å²) < 4.78 is 11.9. The fraction of sp³-hybridized carbons (Fsp3) is 0.833. The van der Waals surface area contributed by atoms with E-state index in [9.17, 15) is 24.0 Å². The first-order valence-electron chi connectivity index (χ1n) is 37.7. The van der Waals surface area contributed by atoms with E-state index >= 15 is 0 Å². The van der Waals surface area contributed by atoms with E-state index < -0.39 is 41.9 Å². The largest absolute Gasteiger partial charge is 0.462 e. The highest BCUT2D eigenvalue weighted by Gasteiger charge is 2.36. The predicted octanol–water partition coefficient (Wildman–Crippen LogP) is 24.2. The highest BCUT2D eigenvalue weighted by atomic mass is 17.0. The lowest BCUT2D eigenvalue weighted by molar-refractivity contribution is -0.311. The van der Waals surface area contributed by atoms with E-state index in [0.717, 1.165) is 128 Å². The van der Waals surface area contributed by atoms with E-state index in [-0.39, 0.29) is 24.8 Å². The summed E-state index contributed by atoms with van der Waals surface area (Å²) in [6.07, 6.45) is 75.4. The number of amides is 1. The van der Waals surface area contributed by atoms with Crippen LogP contribution in [0.5, 0.6) is 0 Å². The Morgan fingerprint density at radius 3 is 0.727 bits per heavy atom. The highest BCUT2D eigenvalue weighted by Crippen LogP contribution is 2.25. The number of allylic oxidation sites excluding steroid dienone is 8. The fourth-order valence-electron chi connectivity index (χ4n) is 11.4. The van der Waals surface area contributed by atoms with Crippen LogP contribution >= 0.6 is 0 Å². The van der Waals surface area contributed by atoms with Gasteiger partial charge in [-0.2, -0.15) is 0 Å². The number of rotatable bonds is 64. The molecule has 0 aromatic rings. The van der Waals surface area contributed by atoms with E-state index in [1.54, 1.807) is 13.8 Å². The first-order valence-corrected chi connectivity index (χ1v) is 37.7. The zero-order valence-electron chi connectivity index (χ0n) is 58.7. The molecule has 1 amide bonds. The van der Waals surface area contributed by atoms with Crippen molar-refractivity contribution in [3.8, 4) is 0 Å². The summed E-state index contributed by atoms with van der Waals surface area (Å²) in [4.78, 5) is 79.4. The zero-order chi connectivity index (χ0) is 64.4. The Morgan fingerprint density at radius 2 is 0.500 bits per heavy atom. The second-order valence-corrected chi connectivity index (χ2v) is 25.9. The number of esters is 2. The van der Waals surface area contributed by atoms with Gasteiger partial charge in [-0.15, -0.1) is 0 Å². The molecule has 0 radical (unpaired) electrons. The highest BCUT2D eigenvalue weighted by molar-refractivity contribution is 5.80. The van der Waals surface area contributed by atoms with Gasteiger partial charge in [-0.25, -0.2) is 9.59 Å². The molecule has 4 atom stereocenters. The molecule has 0 aliphatic rings. The molecule has 0 saturated carbocycles. The van der Waals surface area contributed by atoms with Gasteiger partial charge in [0, 0.05) is 25.0 Å². The normalized spacial score (nSPS) is 13.2. The van der Waals surface area contributed by atoms with E-state index in [2.05, 4.69) is 76.3 Å². The molecule has 4 unspecified atom stereocenters. The molecule has 88 heavy (non-hydrogen) atoms. The number of nitrogens with zero attached hydrogens (tertiary/aromatic N) is 1. The molecule has 10 nitrogen and oxygen atoms in total. The van der Waals surface area contributed by atoms with Gasteiger partial charge in [0.2, 0.25) is 0 Å². The summed E-state index contributed by atoms with van der Waals surface area (Å²) in [7, 11) is 0. The van der Waals surface area contributed by atoms with Crippen LogP contribution in [0.2, 0.25) is 0 Å². The maximum atomic E-state index is 14.2. The molecular weight excluding hydrogens is 1090 g/mol. The van der Waals surface area contributed by atoms with Crippen molar-refractivity contribution in [2.75, 3.05) is 0 Å². The molecule has 0 aliphatic carbocycles. The smallest absolute Gasteiger partial charge is 0.343 e. The standard InChI is InChI=1S/C78H141NO9/c1-8-12-16-20-24-28-32-36-40-44-48-52-56-60-64-68-75(81)85-70(5)73(66-62-58-54-50-46-42-38-34-30-26-22-18-14-10-3)77(83)87-79(72(7)80)88-78(84)74(67-63-59-55-51-47-43-39-35-31-27-23-19-15-11-4)71(6)86-76(82)69-65-61-57-53-49-45-41-37-33-29-25-21-17-13-9-2/h36-43,70-71,73-74H,8-35,44-69H2,1-7H3/b40-36-,41-37-,42-38-,43-39-. The Balaban J connectivity index is 5.72. The number of hydrogen-bond donors (Lipinski definition) is 0. The van der Waals surface area contributed by atoms with Gasteiger partial charge < -0.3 is 19.1 Å². The lowest BCUT2D eigenvalue weighted by atomic mass is 9.95. The second-order valence-electron chi connectivity index (χ2n) is 25.9. The molecule has 0 aromatic heterocycles. The predicted molar refractivity (Wildman–Crippen MR) is 371 cm³/mol. The molecule has 10 heteroatoms. The summed E-state index contributed by atoms with van der Waals surface area (Å²) in [6, 6.07) is 0. The molecule has 0 saturated heterocycles. The summed E-state index contributed by atoms with van der Waals surface area (Å²) in [5.41, 5.74) is 0. The Kier molecular flexibility index (Phi) is 63.5. The number of unbranched alkanes of at least 4 members (excludes halogenated alkanes) is 42. The molecule has 0 aromatic carbocycles. The maximum absolute atomic E-state index is 14.2. The van der Waals surface area contributed by atoms with Crippen LogP contribution < -0.4 is 0 Å². The Labute approximate surface area is 543 Å². The molecule has 0 fully saturated rings. The SMILES string of the molecule is CCCCCCCC/C=C\CCCCCCCC(=O)OC(C)C(CCCCCC/C=C\CCCCCCCC)C(=O)ON(OC(=O)C(CCCCCC/C=C\CCCCCCCC)C(C)OC(=O)CCCCCCC/C=C\CCCCCCCC)C(C)=O. The second kappa shape index (κ2) is 66.2. The third-order valence-corrected chi connectivity index (χ3v) is 17.3. The summed E-state index contributed by atoms with van der Waals surface area (Å²) >= 11 is 0. The summed E-state index contributed by atoms with van der Waals surface area (Å²) in [6.45, 7) is 13.6. The summed E-state index contributed by atoms with van der Waals surface area (Å²) in [5.74, 6) is -4.93. The monoisotopic (exact) mass is 1240 g/mol. The van der Waals surface area contributed by atoms with Gasteiger partial charge >= 0.3 is 23.9 Å². The molecule has 0 rings (SSSR count). The van der Waals surface area contributed by atoms with Gasteiger partial charge in [-0.05, 0) is 142 Å². The molecule has 0 bridgehead atoms. The number of hydrogen-bond acceptors (Lipinski definition) is 9. The van der Waals surface area contributed by atoms with Crippen molar-refractivity contribution in [1.82, 2.24) is 5.23 Å². The maximum Gasteiger partial charge on any atom is 0.343 e. The number of carbonyl (C=O) groups excluding carboxylic acids is 5. The van der Waals surface area contributed by atoms with Crippen LogP contribution in [-0.4, -0.2) is 47.2 Å². The van der Waals surface area contributed by atoms with Crippen LogP contribution in [0, 0.1) is 11.8 Å². The van der Waals surface area contributed by atoms with Crippen LogP contribution in [0.15, 0.2) is 48.6 Å². The lowest BCUT2D eigenvalue weighted by Gasteiger charge is -2.27. The van der Waals surface area contributed by atoms with Crippen molar-refractivity contribution in [2.45, 2.75) is 407 Å². The number of carbonyl (C=O) groups is 5. The van der Waals surface area contributed by atoms with Gasteiger partial charge in [0.05, 0.1) is 11.8 Å². The van der Waals surface area contributed by atoms with Crippen molar-refractivity contribution in [3.05, 3.63) is 48.6 Å². The average Bonchev–Trinajstić information content (AvgIpc) is 3.61. The Bertz CT molecular complexity index is 1610. The van der Waals surface area contributed by atoms with Crippen LogP contribution in [-0.2, 0) is 43.1 Å². The van der Waals surface area contributed by atoms with Crippen molar-refractivity contribution in [2.24, 2.45) is 11.8 Å². The van der Waals surface area contributed by atoms with E-state index in [1.165, 1.54) is 174 Å². The van der Waals surface area contributed by atoms with Crippen molar-refractivity contribution >= 4 is 29.8 Å². The fourth-order valence-corrected chi connectivity index (χ4v) is 11.4. The zero-order valence-corrected chi connectivity index (χ0v) is 58.7. The topological polar surface area (TPSA) is 126 Å². The first kappa shape index (κ1) is 84.3. The minimum absolute atomic E-state index is 0.256. The third kappa shape index (κ3) is 56.3. The van der Waals surface area contributed by atoms with Crippen molar-refractivity contribution in [1.29, 1.82) is 0 Å². The van der Waals surface area contributed by atoms with Gasteiger partial charge in [0.15, 0.2) is 0 Å². The third-order valence-electron chi connectivity index (χ3n) is 17.3. The van der Waals surface area contributed by atoms with Gasteiger partial charge in [-0.1, -0.05) is 282 Å². The molecule has 0 heterocycles. The minimum atomic E-state index is -0.895. The van der Waals surface area contributed by atoms with Crippen LogP contribution in [0.1, 0.15) is 395 Å². The van der Waals surface area contributed by atoms with Gasteiger partial charge in [-0.3, -0.25) is 14.4 Å². The molecular formula is C78H141NO9. The van der Waals surface area contributed by atoms with Gasteiger partial charge in [0.1, 0.15) is 12.2 Å². The first-order chi connectivity index (χ1) is 43.0. The van der Waals surface area contributed by atoms with Gasteiger partial charge in [0.25, 0.3) is 5.91 Å². The molecule has 0 N–H and O–H groups in total. The van der Waals surface area contributed by atoms with Crippen LogP contribution in [0.4, 0.5) is 0 Å². The number of ether oxygens (including phenoxy) is 2. The Hall–Kier alpha value is -3.69. The Morgan fingerprint density at radius 1 is 0.295 bits per heavy atom. The van der Waals surface area contributed by atoms with Crippen LogP contribution in [0.25, 0.3) is 0 Å². The lowest BCUT2D eigenvalue weighted by Crippen LogP contribution is -2.42. The minimum Gasteiger partial charge on any atom is -0.462 e. The summed E-state index contributed by atoms with van der Waals surface area (Å²) in [5, 5.41) is 0.375. The average molecular weight is 1240 g/mol. The van der Waals surface area contributed by atoms with Crippen molar-refractivity contribution in [3.63, 3.8) is 0 Å². The molecule has 0 spiro atoms. The quantitative estimate of drug-likeness (QED) is 0.0253. The van der Waals surface area contributed by atoms with Crippen LogP contribution in [0.3, 0.4) is 0 Å². The van der Waals surface area contributed by atoms with Crippen molar-refractivity contribution < 1.29 is 43.1 Å². The van der Waals surface area contributed by atoms with E-state index in [0.29, 0.717) is 43.8 Å². The molecule has 0 aliphatic heterocycles. The number of hydroxylamine groups is 2. The van der Waals surface area contributed by atoms with E-state index in [4.69, 9.17) is 19.1 Å². The van der Waals surface area contributed by atoms with E-state index in [1.807, 2.05) is 0 Å². The molecule has 512 valence electrons.